The zero-order valence-corrected chi connectivity index (χ0v) is 16.4. The summed E-state index contributed by atoms with van der Waals surface area (Å²) in [5, 5.41) is 20.0. The zero-order valence-electron chi connectivity index (χ0n) is 12.0. The summed E-state index contributed by atoms with van der Waals surface area (Å²) in [6, 6.07) is 0. The van der Waals surface area contributed by atoms with Crippen molar-refractivity contribution in [2.24, 2.45) is 0 Å². The van der Waals surface area contributed by atoms with Gasteiger partial charge in [0.05, 0.1) is 11.9 Å². The van der Waals surface area contributed by atoms with Gasteiger partial charge in [0.1, 0.15) is 0 Å². The van der Waals surface area contributed by atoms with Crippen LogP contribution >= 0.6 is 0 Å². The first-order valence-corrected chi connectivity index (χ1v) is 6.14. The molecule has 0 aliphatic rings. The molecule has 0 N–H and O–H groups in total. The average molecular weight is 392 g/mol. The molecule has 0 fully saturated rings. The molecule has 0 radical (unpaired) electrons. The van der Waals surface area contributed by atoms with Crippen LogP contribution in [0.15, 0.2) is 24.3 Å². The summed E-state index contributed by atoms with van der Waals surface area (Å²) in [6.45, 7) is 10.7. The van der Waals surface area contributed by atoms with E-state index in [1.54, 1.807) is 0 Å². The van der Waals surface area contributed by atoms with E-state index in [-0.39, 0.29) is 60.0 Å². The Bertz CT molecular complexity index is 268. The maximum atomic E-state index is 9.99. The van der Waals surface area contributed by atoms with Crippen molar-refractivity contribution in [3.63, 3.8) is 0 Å². The summed E-state index contributed by atoms with van der Waals surface area (Å²) in [7, 11) is 0. The Hall–Kier alpha value is -0.00857. The van der Waals surface area contributed by atoms with E-state index in [1.165, 1.54) is 0 Å². The second kappa shape index (κ2) is 16.0. The van der Waals surface area contributed by atoms with Crippen molar-refractivity contribution in [3.05, 3.63) is 24.3 Å². The van der Waals surface area contributed by atoms with E-state index in [9.17, 15) is 19.8 Å². The van der Waals surface area contributed by atoms with E-state index in [0.717, 1.165) is 25.7 Å². The van der Waals surface area contributed by atoms with Crippen LogP contribution in [0.4, 0.5) is 0 Å². The molecule has 0 aliphatic heterocycles. The maximum Gasteiger partial charge on any atom is 2.00 e. The fourth-order valence-corrected chi connectivity index (χ4v) is 0.984. The number of unbranched alkanes of at least 4 members (excludes halogenated alkanes) is 2. The molecular formula is C14H22BaO4. The summed E-state index contributed by atoms with van der Waals surface area (Å²) in [4.78, 5) is 20.0. The van der Waals surface area contributed by atoms with E-state index >= 15 is 0 Å². The molecule has 0 aromatic carbocycles. The topological polar surface area (TPSA) is 80.3 Å². The standard InChI is InChI=1S/2C7H12O2.Ba/c2*1-3-4-5-6(2)7(8)9;/h2*2-5H2,1H3,(H,8,9);/q;;+2/p-2. The number of aliphatic carboxylic acids is 2. The second-order valence-corrected chi connectivity index (χ2v) is 3.99. The van der Waals surface area contributed by atoms with Crippen LogP contribution in [0.5, 0.6) is 0 Å². The van der Waals surface area contributed by atoms with Gasteiger partial charge in [0.25, 0.3) is 0 Å². The largest absolute Gasteiger partial charge is 2.00 e. The minimum absolute atomic E-state index is 0. The van der Waals surface area contributed by atoms with Gasteiger partial charge in [-0.05, 0) is 36.8 Å². The van der Waals surface area contributed by atoms with Crippen LogP contribution in [-0.4, -0.2) is 60.8 Å². The molecule has 0 unspecified atom stereocenters. The van der Waals surface area contributed by atoms with E-state index in [0.29, 0.717) is 12.8 Å². The van der Waals surface area contributed by atoms with Gasteiger partial charge in [-0.25, -0.2) is 0 Å². The van der Waals surface area contributed by atoms with Crippen molar-refractivity contribution in [2.45, 2.75) is 52.4 Å². The minimum atomic E-state index is -1.12. The van der Waals surface area contributed by atoms with Crippen molar-refractivity contribution in [2.75, 3.05) is 0 Å². The Morgan fingerprint density at radius 3 is 1.26 bits per heavy atom. The number of carbonyl (C=O) groups excluding carboxylic acids is 2. The molecule has 0 heterocycles. The van der Waals surface area contributed by atoms with Crippen molar-refractivity contribution >= 4 is 60.8 Å². The third-order valence-corrected chi connectivity index (χ3v) is 2.24. The van der Waals surface area contributed by atoms with Crippen LogP contribution in [0.2, 0.25) is 0 Å². The van der Waals surface area contributed by atoms with Crippen LogP contribution in [0, 0.1) is 0 Å². The summed E-state index contributed by atoms with van der Waals surface area (Å²) >= 11 is 0. The van der Waals surface area contributed by atoms with Crippen molar-refractivity contribution in [3.8, 4) is 0 Å². The van der Waals surface area contributed by atoms with Crippen LogP contribution in [0.3, 0.4) is 0 Å². The molecule has 0 aromatic rings. The van der Waals surface area contributed by atoms with Gasteiger partial charge in [-0.2, -0.15) is 0 Å². The second-order valence-electron chi connectivity index (χ2n) is 3.99. The Morgan fingerprint density at radius 2 is 1.11 bits per heavy atom. The van der Waals surface area contributed by atoms with Crippen LogP contribution in [-0.2, 0) is 9.59 Å². The summed E-state index contributed by atoms with van der Waals surface area (Å²) in [5.74, 6) is -2.24. The van der Waals surface area contributed by atoms with Gasteiger partial charge in [-0.15, -0.1) is 0 Å². The predicted octanol–water partition coefficient (Wildman–Crippen LogP) is 0.585. The smallest absolute Gasteiger partial charge is 0.545 e. The molecule has 0 aromatic heterocycles. The van der Waals surface area contributed by atoms with Gasteiger partial charge in [0.15, 0.2) is 0 Å². The van der Waals surface area contributed by atoms with E-state index in [4.69, 9.17) is 0 Å². The molecule has 0 atom stereocenters. The third-order valence-electron chi connectivity index (χ3n) is 2.24. The normalized spacial score (nSPS) is 8.53. The summed E-state index contributed by atoms with van der Waals surface area (Å²) in [5.41, 5.74) is 0.411. The molecular weight excluding hydrogens is 369 g/mol. The van der Waals surface area contributed by atoms with E-state index in [2.05, 4.69) is 13.2 Å². The Labute approximate surface area is 156 Å². The monoisotopic (exact) mass is 392 g/mol. The average Bonchev–Trinajstić information content (AvgIpc) is 2.33. The SMILES string of the molecule is C=C(CCCC)C(=O)[O-].C=C(CCCC)C(=O)[O-].[Ba+2]. The van der Waals surface area contributed by atoms with Crippen LogP contribution < -0.4 is 10.2 Å². The molecule has 0 aliphatic carbocycles. The molecule has 0 bridgehead atoms. The fourth-order valence-electron chi connectivity index (χ4n) is 0.984. The number of rotatable bonds is 8. The summed E-state index contributed by atoms with van der Waals surface area (Å²) < 4.78 is 0. The van der Waals surface area contributed by atoms with E-state index in [1.807, 2.05) is 13.8 Å². The molecule has 4 nitrogen and oxygen atoms in total. The van der Waals surface area contributed by atoms with E-state index < -0.39 is 11.9 Å². The van der Waals surface area contributed by atoms with Crippen LogP contribution in [0.1, 0.15) is 52.4 Å². The summed E-state index contributed by atoms with van der Waals surface area (Å²) in [6.07, 6.45) is 4.86. The van der Waals surface area contributed by atoms with Gasteiger partial charge in [-0.1, -0.05) is 39.8 Å². The molecule has 5 heteroatoms. The Kier molecular flexibility index (Phi) is 20.3. The predicted molar refractivity (Wildman–Crippen MR) is 73.1 cm³/mol. The van der Waals surface area contributed by atoms with Gasteiger partial charge >= 0.3 is 48.9 Å². The van der Waals surface area contributed by atoms with Gasteiger partial charge in [0.2, 0.25) is 0 Å². The first-order chi connectivity index (χ1) is 8.36. The third kappa shape index (κ3) is 18.0. The van der Waals surface area contributed by atoms with Gasteiger partial charge < -0.3 is 19.8 Å². The first kappa shape index (κ1) is 24.0. The van der Waals surface area contributed by atoms with Crippen molar-refractivity contribution < 1.29 is 19.8 Å². The molecule has 0 rings (SSSR count). The van der Waals surface area contributed by atoms with Gasteiger partial charge in [-0.3, -0.25) is 0 Å². The number of hydrogen-bond acceptors (Lipinski definition) is 4. The minimum Gasteiger partial charge on any atom is -0.545 e. The molecule has 0 amide bonds. The fraction of sp³-hybridized carbons (Fsp3) is 0.571. The molecule has 19 heavy (non-hydrogen) atoms. The molecule has 0 spiro atoms. The number of hydrogen-bond donors (Lipinski definition) is 0. The zero-order chi connectivity index (χ0) is 14.6. The quantitative estimate of drug-likeness (QED) is 0.448. The molecule has 0 saturated heterocycles. The maximum absolute atomic E-state index is 9.99. The van der Waals surface area contributed by atoms with Crippen molar-refractivity contribution in [1.82, 2.24) is 0 Å². The van der Waals surface area contributed by atoms with Crippen LogP contribution in [0.25, 0.3) is 0 Å². The number of carboxylic acids is 2. The number of carboxylic acid groups (broad SMARTS) is 2. The Balaban J connectivity index is -0.000000256. The Morgan fingerprint density at radius 1 is 0.842 bits per heavy atom. The molecule has 104 valence electrons. The first-order valence-electron chi connectivity index (χ1n) is 6.14. The van der Waals surface area contributed by atoms with Crippen molar-refractivity contribution in [1.29, 1.82) is 0 Å². The molecule has 0 saturated carbocycles. The number of carbonyl (C=O) groups is 2. The van der Waals surface area contributed by atoms with Gasteiger partial charge in [0, 0.05) is 0 Å².